The molecule has 0 saturated carbocycles. The number of ether oxygens (including phenoxy) is 3. The number of carbonyl (C=O) groups is 2. The Bertz CT molecular complexity index is 1510. The summed E-state index contributed by atoms with van der Waals surface area (Å²) in [7, 11) is 3.09. The Labute approximate surface area is 219 Å². The zero-order valence-electron chi connectivity index (χ0n) is 21.0. The Morgan fingerprint density at radius 3 is 2.50 bits per heavy atom. The Kier molecular flexibility index (Phi) is 7.15. The predicted molar refractivity (Wildman–Crippen MR) is 141 cm³/mol. The maximum Gasteiger partial charge on any atom is 0.290 e. The van der Waals surface area contributed by atoms with E-state index in [1.807, 2.05) is 30.3 Å². The van der Waals surface area contributed by atoms with Crippen LogP contribution in [0.5, 0.6) is 17.2 Å². The SMILES string of the molecule is COCCCN1C(=O)C(O)=C(C(=O)c2cc3cccc(OC)c3o2)C1c1cccc(Oc2ccccc2)c1. The first-order chi connectivity index (χ1) is 18.5. The minimum absolute atomic E-state index is 0.000665. The zero-order chi connectivity index (χ0) is 26.6. The number of hydrogen-bond acceptors (Lipinski definition) is 7. The van der Waals surface area contributed by atoms with Gasteiger partial charge in [0.15, 0.2) is 22.9 Å². The second kappa shape index (κ2) is 10.8. The van der Waals surface area contributed by atoms with Crippen molar-refractivity contribution in [3.05, 3.63) is 102 Å². The van der Waals surface area contributed by atoms with Crippen LogP contribution in [-0.2, 0) is 9.53 Å². The normalized spacial score (nSPS) is 15.4. The third-order valence-corrected chi connectivity index (χ3v) is 6.40. The van der Waals surface area contributed by atoms with Crippen LogP contribution in [0, 0.1) is 0 Å². The lowest BCUT2D eigenvalue weighted by Gasteiger charge is -2.27. The molecular formula is C30H27NO7. The number of amides is 1. The number of benzene rings is 3. The van der Waals surface area contributed by atoms with E-state index in [0.717, 1.165) is 0 Å². The van der Waals surface area contributed by atoms with E-state index in [9.17, 15) is 14.7 Å². The number of rotatable bonds is 10. The van der Waals surface area contributed by atoms with Gasteiger partial charge in [0.1, 0.15) is 11.5 Å². The number of aliphatic hydroxyl groups excluding tert-OH is 1. The largest absolute Gasteiger partial charge is 0.503 e. The number of nitrogens with zero attached hydrogens (tertiary/aromatic N) is 1. The molecule has 1 atom stereocenters. The molecule has 3 aromatic carbocycles. The molecule has 2 heterocycles. The van der Waals surface area contributed by atoms with Gasteiger partial charge in [-0.15, -0.1) is 0 Å². The molecule has 1 aliphatic heterocycles. The monoisotopic (exact) mass is 513 g/mol. The molecule has 0 spiro atoms. The summed E-state index contributed by atoms with van der Waals surface area (Å²) in [6, 6.07) is 22.5. The summed E-state index contributed by atoms with van der Waals surface area (Å²) in [5.41, 5.74) is 0.974. The summed E-state index contributed by atoms with van der Waals surface area (Å²) < 4.78 is 22.4. The van der Waals surface area contributed by atoms with E-state index >= 15 is 0 Å². The Morgan fingerprint density at radius 2 is 1.74 bits per heavy atom. The molecule has 5 rings (SSSR count). The van der Waals surface area contributed by atoms with Crippen LogP contribution in [0.2, 0.25) is 0 Å². The number of methoxy groups -OCH3 is 2. The number of ketones is 1. The van der Waals surface area contributed by atoms with Crippen molar-refractivity contribution in [2.45, 2.75) is 12.5 Å². The molecule has 0 fully saturated rings. The van der Waals surface area contributed by atoms with Crippen molar-refractivity contribution in [1.29, 1.82) is 0 Å². The molecule has 1 amide bonds. The first-order valence-electron chi connectivity index (χ1n) is 12.2. The van der Waals surface area contributed by atoms with Gasteiger partial charge < -0.3 is 28.6 Å². The zero-order valence-corrected chi connectivity index (χ0v) is 21.0. The van der Waals surface area contributed by atoms with Crippen LogP contribution in [-0.4, -0.2) is 49.1 Å². The van der Waals surface area contributed by atoms with E-state index in [2.05, 4.69) is 0 Å². The molecule has 0 aliphatic carbocycles. The molecule has 8 heteroatoms. The van der Waals surface area contributed by atoms with Crippen molar-refractivity contribution in [2.24, 2.45) is 0 Å². The predicted octanol–water partition coefficient (Wildman–Crippen LogP) is 5.85. The summed E-state index contributed by atoms with van der Waals surface area (Å²) in [4.78, 5) is 28.5. The highest BCUT2D eigenvalue weighted by atomic mass is 16.5. The van der Waals surface area contributed by atoms with Crippen LogP contribution >= 0.6 is 0 Å². The molecule has 1 aromatic heterocycles. The van der Waals surface area contributed by atoms with E-state index in [4.69, 9.17) is 18.6 Å². The van der Waals surface area contributed by atoms with Crippen LogP contribution in [0.15, 0.2) is 94.6 Å². The van der Waals surface area contributed by atoms with Crippen LogP contribution in [0.25, 0.3) is 11.0 Å². The number of para-hydroxylation sites is 2. The van der Waals surface area contributed by atoms with Gasteiger partial charge in [-0.05, 0) is 48.4 Å². The number of hydrogen-bond donors (Lipinski definition) is 1. The van der Waals surface area contributed by atoms with Gasteiger partial charge >= 0.3 is 0 Å². The molecule has 1 N–H and O–H groups in total. The van der Waals surface area contributed by atoms with E-state index in [0.29, 0.717) is 46.8 Å². The molecule has 0 radical (unpaired) electrons. The Morgan fingerprint density at radius 1 is 0.974 bits per heavy atom. The van der Waals surface area contributed by atoms with Crippen LogP contribution in [0.1, 0.15) is 28.6 Å². The number of aliphatic hydroxyl groups is 1. The second-order valence-corrected chi connectivity index (χ2v) is 8.82. The molecule has 0 saturated heterocycles. The summed E-state index contributed by atoms with van der Waals surface area (Å²) in [5.74, 6) is -0.149. The lowest BCUT2D eigenvalue weighted by molar-refractivity contribution is -0.129. The lowest BCUT2D eigenvalue weighted by atomic mass is 9.94. The minimum Gasteiger partial charge on any atom is -0.503 e. The fourth-order valence-electron chi connectivity index (χ4n) is 4.66. The minimum atomic E-state index is -0.846. The van der Waals surface area contributed by atoms with Gasteiger partial charge in [0, 0.05) is 25.6 Å². The average Bonchev–Trinajstić information content (AvgIpc) is 3.48. The molecule has 1 aliphatic rings. The van der Waals surface area contributed by atoms with Crippen LogP contribution < -0.4 is 9.47 Å². The van der Waals surface area contributed by atoms with Gasteiger partial charge in [0.2, 0.25) is 5.78 Å². The quantitative estimate of drug-likeness (QED) is 0.210. The number of furan rings is 1. The highest BCUT2D eigenvalue weighted by Crippen LogP contribution is 2.41. The fourth-order valence-corrected chi connectivity index (χ4v) is 4.66. The molecule has 4 aromatic rings. The summed E-state index contributed by atoms with van der Waals surface area (Å²) >= 11 is 0. The first kappa shape index (κ1) is 25.1. The van der Waals surface area contributed by atoms with Crippen molar-refractivity contribution >= 4 is 22.7 Å². The second-order valence-electron chi connectivity index (χ2n) is 8.82. The molecule has 1 unspecified atom stereocenters. The Balaban J connectivity index is 1.55. The van der Waals surface area contributed by atoms with Gasteiger partial charge in [-0.25, -0.2) is 0 Å². The van der Waals surface area contributed by atoms with E-state index in [1.54, 1.807) is 55.6 Å². The summed E-state index contributed by atoms with van der Waals surface area (Å²) in [5, 5.41) is 11.6. The third kappa shape index (κ3) is 4.73. The first-order valence-corrected chi connectivity index (χ1v) is 12.2. The van der Waals surface area contributed by atoms with Crippen molar-refractivity contribution < 1.29 is 33.3 Å². The molecule has 194 valence electrons. The highest BCUT2D eigenvalue weighted by Gasteiger charge is 2.44. The van der Waals surface area contributed by atoms with E-state index in [-0.39, 0.29) is 17.9 Å². The van der Waals surface area contributed by atoms with Gasteiger partial charge in [0.05, 0.1) is 18.7 Å². The van der Waals surface area contributed by atoms with Gasteiger partial charge in [-0.2, -0.15) is 0 Å². The lowest BCUT2D eigenvalue weighted by Crippen LogP contribution is -2.32. The van der Waals surface area contributed by atoms with E-state index in [1.165, 1.54) is 12.0 Å². The Hall–Kier alpha value is -4.56. The number of Topliss-reactive ketones (excluding diaryl/α,β-unsaturated/α-hetero) is 1. The number of carbonyl (C=O) groups excluding carboxylic acids is 2. The number of fused-ring (bicyclic) bond motifs is 1. The van der Waals surface area contributed by atoms with Gasteiger partial charge in [-0.1, -0.05) is 42.5 Å². The van der Waals surface area contributed by atoms with Crippen molar-refractivity contribution in [2.75, 3.05) is 27.4 Å². The maximum absolute atomic E-state index is 13.8. The van der Waals surface area contributed by atoms with Crippen molar-refractivity contribution in [3.8, 4) is 17.2 Å². The third-order valence-electron chi connectivity index (χ3n) is 6.40. The van der Waals surface area contributed by atoms with Gasteiger partial charge in [0.25, 0.3) is 5.91 Å². The van der Waals surface area contributed by atoms with Crippen molar-refractivity contribution in [3.63, 3.8) is 0 Å². The van der Waals surface area contributed by atoms with Gasteiger partial charge in [-0.3, -0.25) is 9.59 Å². The fraction of sp³-hybridized carbons (Fsp3) is 0.200. The van der Waals surface area contributed by atoms with Crippen molar-refractivity contribution in [1.82, 2.24) is 4.90 Å². The maximum atomic E-state index is 13.8. The summed E-state index contributed by atoms with van der Waals surface area (Å²) in [6.07, 6.45) is 0.523. The molecular weight excluding hydrogens is 486 g/mol. The van der Waals surface area contributed by atoms with Crippen LogP contribution in [0.3, 0.4) is 0 Å². The molecule has 0 bridgehead atoms. The molecule has 8 nitrogen and oxygen atoms in total. The average molecular weight is 514 g/mol. The van der Waals surface area contributed by atoms with E-state index < -0.39 is 23.5 Å². The topological polar surface area (TPSA) is 98.4 Å². The smallest absolute Gasteiger partial charge is 0.290 e. The standard InChI is InChI=1S/C30H27NO7/c1-35-16-8-15-31-26(19-9-6-13-22(17-19)37-21-11-4-3-5-12-21)25(28(33)30(31)34)27(32)24-18-20-10-7-14-23(36-2)29(20)38-24/h3-7,9-14,17-18,26,33H,8,15-16H2,1-2H3. The molecule has 38 heavy (non-hydrogen) atoms. The summed E-state index contributed by atoms with van der Waals surface area (Å²) in [6.45, 7) is 0.691. The van der Waals surface area contributed by atoms with Crippen LogP contribution in [0.4, 0.5) is 0 Å². The highest BCUT2D eigenvalue weighted by molar-refractivity contribution is 6.16.